The highest BCUT2D eigenvalue weighted by molar-refractivity contribution is 5.38. The van der Waals surface area contributed by atoms with Gasteiger partial charge in [0.1, 0.15) is 0 Å². The molecule has 102 valence electrons. The molecule has 3 rings (SSSR count). The second-order valence-electron chi connectivity index (χ2n) is 5.16. The minimum atomic E-state index is 0.622. The van der Waals surface area contributed by atoms with Crippen molar-refractivity contribution in [2.45, 2.75) is 51.7 Å². The maximum atomic E-state index is 4.66. The van der Waals surface area contributed by atoms with Crippen LogP contribution in [0, 0.1) is 0 Å². The van der Waals surface area contributed by atoms with Gasteiger partial charge in [-0.2, -0.15) is 10.2 Å². The molecule has 1 aliphatic carbocycles. The van der Waals surface area contributed by atoms with Crippen molar-refractivity contribution in [1.29, 1.82) is 0 Å². The molecule has 2 aromatic heterocycles. The van der Waals surface area contributed by atoms with Crippen molar-refractivity contribution in [3.8, 4) is 0 Å². The monoisotopic (exact) mass is 259 g/mol. The van der Waals surface area contributed by atoms with Gasteiger partial charge >= 0.3 is 0 Å². The molecule has 0 bridgehead atoms. The number of hydrogen-bond acceptors (Lipinski definition) is 3. The molecule has 19 heavy (non-hydrogen) atoms. The first kappa shape index (κ1) is 12.3. The van der Waals surface area contributed by atoms with Crippen molar-refractivity contribution in [3.05, 3.63) is 30.4 Å². The van der Waals surface area contributed by atoms with Crippen molar-refractivity contribution in [2.75, 3.05) is 5.32 Å². The van der Waals surface area contributed by atoms with Crippen LogP contribution in [-0.4, -0.2) is 19.6 Å². The highest BCUT2D eigenvalue weighted by Crippen LogP contribution is 2.28. The van der Waals surface area contributed by atoms with Crippen LogP contribution in [0.4, 0.5) is 5.69 Å². The Morgan fingerprint density at radius 2 is 2.21 bits per heavy atom. The van der Waals surface area contributed by atoms with Gasteiger partial charge in [-0.25, -0.2) is 0 Å². The number of hydrogen-bond donors (Lipinski definition) is 1. The average Bonchev–Trinajstić information content (AvgIpc) is 3.16. The fourth-order valence-electron chi connectivity index (χ4n) is 2.66. The first-order valence-corrected chi connectivity index (χ1v) is 7.15. The van der Waals surface area contributed by atoms with Crippen molar-refractivity contribution in [3.63, 3.8) is 0 Å². The van der Waals surface area contributed by atoms with Gasteiger partial charge in [-0.1, -0.05) is 12.8 Å². The summed E-state index contributed by atoms with van der Waals surface area (Å²) in [6.07, 6.45) is 11.2. The van der Waals surface area contributed by atoms with Gasteiger partial charge in [-0.3, -0.25) is 9.36 Å². The Kier molecular flexibility index (Phi) is 3.53. The summed E-state index contributed by atoms with van der Waals surface area (Å²) in [6.45, 7) is 3.74. The smallest absolute Gasteiger partial charge is 0.0815 e. The third-order valence-electron chi connectivity index (χ3n) is 3.79. The van der Waals surface area contributed by atoms with Crippen LogP contribution in [0.5, 0.6) is 0 Å². The van der Waals surface area contributed by atoms with Crippen LogP contribution in [0.15, 0.2) is 24.7 Å². The van der Waals surface area contributed by atoms with E-state index in [-0.39, 0.29) is 0 Å². The van der Waals surface area contributed by atoms with Gasteiger partial charge in [0.25, 0.3) is 0 Å². The lowest BCUT2D eigenvalue weighted by atomic mass is 10.3. The Morgan fingerprint density at radius 3 is 2.95 bits per heavy atom. The van der Waals surface area contributed by atoms with Crippen LogP contribution >= 0.6 is 0 Å². The van der Waals surface area contributed by atoms with Gasteiger partial charge in [-0.05, 0) is 25.8 Å². The van der Waals surface area contributed by atoms with E-state index >= 15 is 0 Å². The molecule has 2 aromatic rings. The largest absolute Gasteiger partial charge is 0.377 e. The number of nitrogens with one attached hydrogen (secondary N) is 1. The van der Waals surface area contributed by atoms with E-state index in [1.165, 1.54) is 25.7 Å². The minimum Gasteiger partial charge on any atom is -0.377 e. The number of rotatable bonds is 5. The molecule has 0 atom stereocenters. The van der Waals surface area contributed by atoms with Crippen molar-refractivity contribution >= 4 is 5.69 Å². The lowest BCUT2D eigenvalue weighted by Gasteiger charge is -2.08. The van der Waals surface area contributed by atoms with Crippen LogP contribution in [0.3, 0.4) is 0 Å². The first-order chi connectivity index (χ1) is 9.35. The Balaban J connectivity index is 1.57. The summed E-state index contributed by atoms with van der Waals surface area (Å²) in [4.78, 5) is 0. The summed E-state index contributed by atoms with van der Waals surface area (Å²) < 4.78 is 4.05. The van der Waals surface area contributed by atoms with Crippen LogP contribution in [0.1, 0.15) is 44.3 Å². The molecular weight excluding hydrogens is 238 g/mol. The molecule has 1 aliphatic rings. The highest BCUT2D eigenvalue weighted by Gasteiger charge is 2.17. The summed E-state index contributed by atoms with van der Waals surface area (Å²) in [5, 5.41) is 12.3. The Morgan fingerprint density at radius 1 is 1.37 bits per heavy atom. The minimum absolute atomic E-state index is 0.622. The lowest BCUT2D eigenvalue weighted by Crippen LogP contribution is -2.07. The first-order valence-electron chi connectivity index (χ1n) is 7.15. The SMILES string of the molecule is CCn1cc(NCc2ccn(C3CCCC3)n2)cn1. The molecule has 1 fully saturated rings. The maximum absolute atomic E-state index is 4.66. The molecule has 1 saturated carbocycles. The molecule has 0 spiro atoms. The van der Waals surface area contributed by atoms with E-state index in [4.69, 9.17) is 0 Å². The molecule has 0 aliphatic heterocycles. The van der Waals surface area contributed by atoms with E-state index in [0.29, 0.717) is 6.04 Å². The molecule has 0 radical (unpaired) electrons. The van der Waals surface area contributed by atoms with E-state index in [2.05, 4.69) is 39.4 Å². The van der Waals surface area contributed by atoms with Crippen LogP contribution in [0.2, 0.25) is 0 Å². The molecule has 2 heterocycles. The summed E-state index contributed by atoms with van der Waals surface area (Å²) in [5.74, 6) is 0. The number of anilines is 1. The third kappa shape index (κ3) is 2.80. The Hall–Kier alpha value is -1.78. The fourth-order valence-corrected chi connectivity index (χ4v) is 2.66. The van der Waals surface area contributed by atoms with Crippen LogP contribution < -0.4 is 5.32 Å². The summed E-state index contributed by atoms with van der Waals surface area (Å²) >= 11 is 0. The number of aromatic nitrogens is 4. The van der Waals surface area contributed by atoms with E-state index in [0.717, 1.165) is 24.5 Å². The van der Waals surface area contributed by atoms with E-state index in [9.17, 15) is 0 Å². The van der Waals surface area contributed by atoms with Crippen LogP contribution in [-0.2, 0) is 13.1 Å². The van der Waals surface area contributed by atoms with Gasteiger partial charge in [-0.15, -0.1) is 0 Å². The summed E-state index contributed by atoms with van der Waals surface area (Å²) in [6, 6.07) is 2.73. The van der Waals surface area contributed by atoms with Gasteiger partial charge in [0.2, 0.25) is 0 Å². The standard InChI is InChI=1S/C14H21N5/c1-2-18-11-13(10-16-18)15-9-12-7-8-19(17-12)14-5-3-4-6-14/h7-8,10-11,14-15H,2-6,9H2,1H3. The zero-order valence-corrected chi connectivity index (χ0v) is 11.4. The molecule has 0 unspecified atom stereocenters. The Bertz CT molecular complexity index is 521. The molecular formula is C14H21N5. The predicted molar refractivity (Wildman–Crippen MR) is 75.0 cm³/mol. The van der Waals surface area contributed by atoms with Gasteiger partial charge < -0.3 is 5.32 Å². The molecule has 0 saturated heterocycles. The van der Waals surface area contributed by atoms with Crippen molar-refractivity contribution in [2.24, 2.45) is 0 Å². The predicted octanol–water partition coefficient (Wildman–Crippen LogP) is 2.83. The van der Waals surface area contributed by atoms with Crippen molar-refractivity contribution in [1.82, 2.24) is 19.6 Å². The van der Waals surface area contributed by atoms with Crippen LogP contribution in [0.25, 0.3) is 0 Å². The fraction of sp³-hybridized carbons (Fsp3) is 0.571. The number of aryl methyl sites for hydroxylation is 1. The van der Waals surface area contributed by atoms with Gasteiger partial charge in [0.15, 0.2) is 0 Å². The van der Waals surface area contributed by atoms with E-state index in [1.807, 2.05) is 17.1 Å². The zero-order chi connectivity index (χ0) is 13.1. The lowest BCUT2D eigenvalue weighted by molar-refractivity contribution is 0.463. The molecule has 1 N–H and O–H groups in total. The topological polar surface area (TPSA) is 47.7 Å². The van der Waals surface area contributed by atoms with Crippen molar-refractivity contribution < 1.29 is 0 Å². The second-order valence-corrected chi connectivity index (χ2v) is 5.16. The maximum Gasteiger partial charge on any atom is 0.0815 e. The van der Waals surface area contributed by atoms with E-state index in [1.54, 1.807) is 0 Å². The highest BCUT2D eigenvalue weighted by atomic mass is 15.3. The molecule has 5 nitrogen and oxygen atoms in total. The third-order valence-corrected chi connectivity index (χ3v) is 3.79. The quantitative estimate of drug-likeness (QED) is 0.898. The van der Waals surface area contributed by atoms with E-state index < -0.39 is 0 Å². The molecule has 0 amide bonds. The molecule has 0 aromatic carbocycles. The zero-order valence-electron chi connectivity index (χ0n) is 11.4. The Labute approximate surface area is 113 Å². The number of nitrogens with zero attached hydrogens (tertiary/aromatic N) is 4. The normalized spacial score (nSPS) is 16.1. The summed E-state index contributed by atoms with van der Waals surface area (Å²) in [5.41, 5.74) is 2.15. The average molecular weight is 259 g/mol. The van der Waals surface area contributed by atoms with Gasteiger partial charge in [0, 0.05) is 18.9 Å². The second kappa shape index (κ2) is 5.47. The molecule has 5 heteroatoms. The summed E-state index contributed by atoms with van der Waals surface area (Å²) in [7, 11) is 0. The van der Waals surface area contributed by atoms with Gasteiger partial charge in [0.05, 0.1) is 30.2 Å².